The van der Waals surface area contributed by atoms with E-state index in [1.54, 1.807) is 0 Å². The predicted molar refractivity (Wildman–Crippen MR) is 87.0 cm³/mol. The lowest BCUT2D eigenvalue weighted by Crippen LogP contribution is -2.13. The van der Waals surface area contributed by atoms with E-state index in [2.05, 4.69) is 39.4 Å². The Balaban J connectivity index is 2.35. The Labute approximate surface area is 132 Å². The molecule has 2 heterocycles. The summed E-state index contributed by atoms with van der Waals surface area (Å²) in [5, 5.41) is 10.0. The van der Waals surface area contributed by atoms with Gasteiger partial charge in [0, 0.05) is 25.6 Å². The van der Waals surface area contributed by atoms with Crippen LogP contribution in [0.25, 0.3) is 0 Å². The summed E-state index contributed by atoms with van der Waals surface area (Å²) < 4.78 is 0.846. The molecule has 2 aromatic rings. The van der Waals surface area contributed by atoms with E-state index in [1.807, 2.05) is 25.9 Å². The fourth-order valence-electron chi connectivity index (χ4n) is 1.52. The Morgan fingerprint density at radius 3 is 2.48 bits per heavy atom. The highest BCUT2D eigenvalue weighted by molar-refractivity contribution is 8.01. The lowest BCUT2D eigenvalue weighted by Gasteiger charge is -2.12. The second-order valence-electron chi connectivity index (χ2n) is 5.01. The largest absolute Gasteiger partial charge is 0.353 e. The quantitative estimate of drug-likeness (QED) is 0.491. The van der Waals surface area contributed by atoms with E-state index >= 15 is 0 Å². The molecule has 2 aromatic heterocycles. The van der Waals surface area contributed by atoms with Crippen LogP contribution in [0.15, 0.2) is 9.37 Å². The van der Waals surface area contributed by atoms with Crippen LogP contribution < -0.4 is 16.2 Å². The molecule has 0 aromatic carbocycles. The maximum absolute atomic E-state index is 5.54. The molecule has 2 rings (SSSR count). The van der Waals surface area contributed by atoms with Crippen molar-refractivity contribution in [1.82, 2.24) is 20.2 Å². The lowest BCUT2D eigenvalue weighted by molar-refractivity contribution is 0.748. The predicted octanol–water partition coefficient (Wildman–Crippen LogP) is 2.26. The molecule has 3 N–H and O–H groups in total. The molecular formula is C12H19N7S2. The molecule has 0 saturated carbocycles. The van der Waals surface area contributed by atoms with Crippen LogP contribution >= 0.6 is 23.1 Å². The molecule has 0 fully saturated rings. The molecule has 0 atom stereocenters. The van der Waals surface area contributed by atoms with Crippen LogP contribution in [0.5, 0.6) is 0 Å². The van der Waals surface area contributed by atoms with E-state index in [9.17, 15) is 0 Å². The van der Waals surface area contributed by atoms with Crippen LogP contribution in [-0.4, -0.2) is 34.3 Å². The van der Waals surface area contributed by atoms with Crippen molar-refractivity contribution in [3.05, 3.63) is 11.4 Å². The van der Waals surface area contributed by atoms with E-state index in [0.29, 0.717) is 5.82 Å². The maximum Gasteiger partial charge on any atom is 0.208 e. The average molecular weight is 325 g/mol. The fraction of sp³-hybridized carbons (Fsp3) is 0.500. The van der Waals surface area contributed by atoms with E-state index < -0.39 is 0 Å². The lowest BCUT2D eigenvalue weighted by atomic mass is 10.2. The molecule has 0 amide bonds. The first-order valence-electron chi connectivity index (χ1n) is 6.46. The maximum atomic E-state index is 5.54. The Kier molecular flexibility index (Phi) is 4.96. The number of hydrogen-bond acceptors (Lipinski definition) is 9. The van der Waals surface area contributed by atoms with Gasteiger partial charge in [-0.15, -0.1) is 10.2 Å². The molecule has 0 unspecified atom stereocenters. The summed E-state index contributed by atoms with van der Waals surface area (Å²) in [5.74, 6) is 7.17. The van der Waals surface area contributed by atoms with Gasteiger partial charge in [-0.1, -0.05) is 25.2 Å². The average Bonchev–Trinajstić information content (AvgIpc) is 2.89. The first-order chi connectivity index (χ1) is 9.92. The first kappa shape index (κ1) is 15.9. The number of anilines is 2. The number of nitrogens with two attached hydrogens (primary N) is 1. The van der Waals surface area contributed by atoms with E-state index in [4.69, 9.17) is 5.84 Å². The molecule has 0 aliphatic heterocycles. The highest BCUT2D eigenvalue weighted by Crippen LogP contribution is 2.35. The van der Waals surface area contributed by atoms with Gasteiger partial charge in [0.15, 0.2) is 4.34 Å². The molecule has 0 spiro atoms. The summed E-state index contributed by atoms with van der Waals surface area (Å²) in [4.78, 5) is 11.0. The smallest absolute Gasteiger partial charge is 0.208 e. The summed E-state index contributed by atoms with van der Waals surface area (Å²) in [5.41, 5.74) is 3.55. The van der Waals surface area contributed by atoms with E-state index in [0.717, 1.165) is 25.9 Å². The van der Waals surface area contributed by atoms with Crippen molar-refractivity contribution in [3.63, 3.8) is 0 Å². The van der Waals surface area contributed by atoms with E-state index in [-0.39, 0.29) is 5.92 Å². The van der Waals surface area contributed by atoms with Crippen LogP contribution in [-0.2, 0) is 0 Å². The Morgan fingerprint density at radius 2 is 1.95 bits per heavy atom. The second-order valence-corrected chi connectivity index (χ2v) is 7.20. The number of hydrogen-bond donors (Lipinski definition) is 2. The van der Waals surface area contributed by atoms with Gasteiger partial charge in [-0.3, -0.25) is 0 Å². The zero-order valence-electron chi connectivity index (χ0n) is 12.7. The van der Waals surface area contributed by atoms with Gasteiger partial charge in [0.1, 0.15) is 16.7 Å². The van der Waals surface area contributed by atoms with Crippen LogP contribution in [0.2, 0.25) is 0 Å². The van der Waals surface area contributed by atoms with Crippen molar-refractivity contribution in [3.8, 4) is 0 Å². The Hall–Kier alpha value is -1.45. The summed E-state index contributed by atoms with van der Waals surface area (Å²) in [7, 11) is 3.89. The van der Waals surface area contributed by atoms with Gasteiger partial charge in [0.05, 0.1) is 0 Å². The summed E-state index contributed by atoms with van der Waals surface area (Å²) in [6, 6.07) is 0. The highest BCUT2D eigenvalue weighted by atomic mass is 32.2. The topological polar surface area (TPSA) is 92.8 Å². The Bertz CT molecular complexity index is 624. The van der Waals surface area contributed by atoms with Gasteiger partial charge in [-0.05, 0) is 18.7 Å². The summed E-state index contributed by atoms with van der Waals surface area (Å²) in [6.07, 6.45) is 0. The van der Waals surface area contributed by atoms with Gasteiger partial charge in [-0.2, -0.15) is 0 Å². The molecule has 0 bridgehead atoms. The highest BCUT2D eigenvalue weighted by Gasteiger charge is 2.16. The molecular weight excluding hydrogens is 306 g/mol. The third-order valence-corrected chi connectivity index (χ3v) is 4.97. The van der Waals surface area contributed by atoms with Crippen molar-refractivity contribution in [1.29, 1.82) is 0 Å². The molecule has 21 heavy (non-hydrogen) atoms. The summed E-state index contributed by atoms with van der Waals surface area (Å²) >= 11 is 3.01. The molecule has 7 nitrogen and oxygen atoms in total. The molecule has 9 heteroatoms. The van der Waals surface area contributed by atoms with Gasteiger partial charge in [0.25, 0.3) is 0 Å². The zero-order valence-corrected chi connectivity index (χ0v) is 14.3. The number of aromatic nitrogens is 4. The molecule has 114 valence electrons. The van der Waals surface area contributed by atoms with Crippen molar-refractivity contribution >= 4 is 34.0 Å². The van der Waals surface area contributed by atoms with Crippen molar-refractivity contribution < 1.29 is 0 Å². The third kappa shape index (κ3) is 3.60. The number of nitrogens with one attached hydrogen (secondary N) is 1. The minimum absolute atomic E-state index is 0.226. The van der Waals surface area contributed by atoms with E-state index in [1.165, 1.54) is 23.1 Å². The van der Waals surface area contributed by atoms with Gasteiger partial charge >= 0.3 is 0 Å². The number of rotatable bonds is 5. The van der Waals surface area contributed by atoms with Crippen molar-refractivity contribution in [2.75, 3.05) is 24.4 Å². The third-order valence-electron chi connectivity index (χ3n) is 2.73. The van der Waals surface area contributed by atoms with Crippen molar-refractivity contribution in [2.45, 2.75) is 36.1 Å². The van der Waals surface area contributed by atoms with Gasteiger partial charge in [-0.25, -0.2) is 15.8 Å². The van der Waals surface area contributed by atoms with Crippen LogP contribution in [0, 0.1) is 6.92 Å². The molecule has 0 saturated heterocycles. The van der Waals surface area contributed by atoms with Gasteiger partial charge in [0.2, 0.25) is 5.13 Å². The SMILES string of the molecule is Cc1c(NN)nc(C(C)C)nc1Sc1nnc(N(C)C)s1. The molecule has 0 aliphatic carbocycles. The van der Waals surface area contributed by atoms with Crippen molar-refractivity contribution in [2.24, 2.45) is 5.84 Å². The normalized spacial score (nSPS) is 11.0. The molecule has 0 radical (unpaired) electrons. The number of hydrazine groups is 1. The minimum atomic E-state index is 0.226. The summed E-state index contributed by atoms with van der Waals surface area (Å²) in [6.45, 7) is 6.04. The monoisotopic (exact) mass is 325 g/mol. The molecule has 0 aliphatic rings. The van der Waals surface area contributed by atoms with Gasteiger partial charge < -0.3 is 10.3 Å². The Morgan fingerprint density at radius 1 is 1.24 bits per heavy atom. The minimum Gasteiger partial charge on any atom is -0.353 e. The standard InChI is InChI=1S/C12H19N7S2/c1-6(2)8-14-9(16-13)7(3)10(15-8)20-12-18-17-11(21-12)19(4)5/h6H,13H2,1-5H3,(H,14,15,16). The zero-order chi connectivity index (χ0) is 15.6. The first-order valence-corrected chi connectivity index (χ1v) is 8.09. The van der Waals surface area contributed by atoms with Crippen LogP contribution in [0.3, 0.4) is 0 Å². The van der Waals surface area contributed by atoms with Crippen LogP contribution in [0.4, 0.5) is 10.9 Å². The van der Waals surface area contributed by atoms with Crippen LogP contribution in [0.1, 0.15) is 31.2 Å². The second kappa shape index (κ2) is 6.54. The number of nitrogen functional groups attached to an aromatic ring is 1. The number of nitrogens with zero attached hydrogens (tertiary/aromatic N) is 5. The fourth-order valence-corrected chi connectivity index (χ4v) is 3.28.